The lowest BCUT2D eigenvalue weighted by molar-refractivity contribution is 0.198. The van der Waals surface area contributed by atoms with Crippen LogP contribution in [0.25, 0.3) is 4.96 Å². The Balaban J connectivity index is 1.81. The van der Waals surface area contributed by atoms with E-state index in [1.165, 1.54) is 12.8 Å². The van der Waals surface area contributed by atoms with Crippen LogP contribution in [0.15, 0.2) is 11.6 Å². The molecule has 1 aliphatic heterocycles. The van der Waals surface area contributed by atoms with Gasteiger partial charge in [-0.3, -0.25) is 4.40 Å². The first-order chi connectivity index (χ1) is 9.50. The summed E-state index contributed by atoms with van der Waals surface area (Å²) in [6.07, 6.45) is 4.57. The number of piperidine rings is 1. The van der Waals surface area contributed by atoms with Crippen LogP contribution < -0.4 is 10.6 Å². The highest BCUT2D eigenvalue weighted by Crippen LogP contribution is 2.36. The van der Waals surface area contributed by atoms with Gasteiger partial charge in [-0.05, 0) is 24.2 Å². The van der Waals surface area contributed by atoms with Crippen LogP contribution in [-0.4, -0.2) is 22.5 Å². The van der Waals surface area contributed by atoms with Gasteiger partial charge in [0, 0.05) is 31.2 Å². The molecule has 0 atom stereocenters. The first-order valence-electron chi connectivity index (χ1n) is 7.40. The summed E-state index contributed by atoms with van der Waals surface area (Å²) in [6.45, 7) is 9.80. The molecule has 0 aromatic carbocycles. The van der Waals surface area contributed by atoms with E-state index in [9.17, 15) is 0 Å². The van der Waals surface area contributed by atoms with Crippen molar-refractivity contribution in [2.75, 3.05) is 18.0 Å². The van der Waals surface area contributed by atoms with Crippen molar-refractivity contribution in [3.05, 3.63) is 17.3 Å². The average Bonchev–Trinajstić information content (AvgIpc) is 2.97. The highest BCUT2D eigenvalue weighted by atomic mass is 32.1. The molecule has 1 saturated heterocycles. The van der Waals surface area contributed by atoms with Gasteiger partial charge in [0.05, 0.1) is 5.69 Å². The lowest BCUT2D eigenvalue weighted by atomic mass is 9.75. The highest BCUT2D eigenvalue weighted by molar-refractivity contribution is 7.15. The van der Waals surface area contributed by atoms with Gasteiger partial charge in [-0.15, -0.1) is 11.3 Å². The second-order valence-electron chi connectivity index (χ2n) is 6.77. The van der Waals surface area contributed by atoms with Crippen molar-refractivity contribution in [1.29, 1.82) is 0 Å². The fourth-order valence-corrected chi connectivity index (χ4v) is 3.95. The van der Waals surface area contributed by atoms with E-state index in [1.807, 2.05) is 0 Å². The number of imidazole rings is 1. The zero-order valence-electron chi connectivity index (χ0n) is 12.6. The third kappa shape index (κ3) is 2.33. The minimum absolute atomic E-state index is 0.414. The Morgan fingerprint density at radius 2 is 2.05 bits per heavy atom. The third-order valence-electron chi connectivity index (χ3n) is 4.55. The molecule has 2 aromatic heterocycles. The maximum atomic E-state index is 5.94. The topological polar surface area (TPSA) is 46.6 Å². The molecule has 0 amide bonds. The van der Waals surface area contributed by atoms with Gasteiger partial charge in [-0.2, -0.15) is 0 Å². The summed E-state index contributed by atoms with van der Waals surface area (Å²) >= 11 is 1.68. The van der Waals surface area contributed by atoms with Crippen molar-refractivity contribution in [3.8, 4) is 0 Å². The summed E-state index contributed by atoms with van der Waals surface area (Å²) in [4.78, 5) is 8.26. The number of rotatable bonds is 2. The van der Waals surface area contributed by atoms with E-state index in [-0.39, 0.29) is 0 Å². The molecular formula is C15H24N4S. The molecule has 3 heterocycles. The van der Waals surface area contributed by atoms with Crippen LogP contribution in [0.4, 0.5) is 5.82 Å². The molecular weight excluding hydrogens is 268 g/mol. The minimum Gasteiger partial charge on any atom is -0.355 e. The number of anilines is 1. The van der Waals surface area contributed by atoms with E-state index < -0.39 is 0 Å². The minimum atomic E-state index is 0.414. The molecule has 1 fully saturated rings. The number of nitrogens with zero attached hydrogens (tertiary/aromatic N) is 3. The van der Waals surface area contributed by atoms with Crippen LogP contribution >= 0.6 is 11.3 Å². The fraction of sp³-hybridized carbons (Fsp3) is 0.667. The molecule has 0 saturated carbocycles. The van der Waals surface area contributed by atoms with Crippen LogP contribution in [0.5, 0.6) is 0 Å². The summed E-state index contributed by atoms with van der Waals surface area (Å²) < 4.78 is 2.13. The lowest BCUT2D eigenvalue weighted by Gasteiger charge is -2.39. The summed E-state index contributed by atoms with van der Waals surface area (Å²) in [5.74, 6) is 1.91. The summed E-state index contributed by atoms with van der Waals surface area (Å²) in [5.41, 5.74) is 7.50. The second kappa shape index (κ2) is 5.04. The Bertz CT molecular complexity index is 585. The molecule has 2 N–H and O–H groups in total. The van der Waals surface area contributed by atoms with Crippen LogP contribution in [0.1, 0.15) is 39.3 Å². The van der Waals surface area contributed by atoms with E-state index in [0.29, 0.717) is 12.0 Å². The maximum Gasteiger partial charge on any atom is 0.195 e. The van der Waals surface area contributed by atoms with E-state index >= 15 is 0 Å². The monoisotopic (exact) mass is 292 g/mol. The molecule has 0 unspecified atom stereocenters. The van der Waals surface area contributed by atoms with Gasteiger partial charge in [-0.1, -0.05) is 20.8 Å². The van der Waals surface area contributed by atoms with Crippen LogP contribution in [-0.2, 0) is 6.54 Å². The van der Waals surface area contributed by atoms with Gasteiger partial charge >= 0.3 is 0 Å². The summed E-state index contributed by atoms with van der Waals surface area (Å²) in [5, 5.41) is 2.07. The van der Waals surface area contributed by atoms with E-state index in [2.05, 4.69) is 41.6 Å². The van der Waals surface area contributed by atoms with Crippen LogP contribution in [0.3, 0.4) is 0 Å². The average molecular weight is 292 g/mol. The molecule has 0 spiro atoms. The second-order valence-corrected chi connectivity index (χ2v) is 7.64. The molecule has 5 heteroatoms. The maximum absolute atomic E-state index is 5.94. The number of fused-ring (bicyclic) bond motifs is 1. The number of thiazole rings is 1. The third-order valence-corrected chi connectivity index (χ3v) is 5.31. The van der Waals surface area contributed by atoms with Gasteiger partial charge in [0.1, 0.15) is 0 Å². The van der Waals surface area contributed by atoms with Crippen molar-refractivity contribution < 1.29 is 0 Å². The molecule has 0 bridgehead atoms. The molecule has 1 aliphatic rings. The number of hydrogen-bond acceptors (Lipinski definition) is 4. The molecule has 3 rings (SSSR count). The fourth-order valence-electron chi connectivity index (χ4n) is 3.22. The highest BCUT2D eigenvalue weighted by Gasteiger charge is 2.30. The molecule has 0 aliphatic carbocycles. The largest absolute Gasteiger partial charge is 0.355 e. The molecule has 4 nitrogen and oxygen atoms in total. The zero-order chi connectivity index (χ0) is 14.3. The van der Waals surface area contributed by atoms with Crippen molar-refractivity contribution in [2.45, 2.75) is 40.2 Å². The molecule has 110 valence electrons. The normalized spacial score (nSPS) is 18.1. The molecule has 0 radical (unpaired) electrons. The van der Waals surface area contributed by atoms with E-state index in [4.69, 9.17) is 10.7 Å². The quantitative estimate of drug-likeness (QED) is 0.925. The lowest BCUT2D eigenvalue weighted by Crippen LogP contribution is -2.38. The van der Waals surface area contributed by atoms with Crippen molar-refractivity contribution in [1.82, 2.24) is 9.38 Å². The van der Waals surface area contributed by atoms with Gasteiger partial charge in [0.15, 0.2) is 10.8 Å². The van der Waals surface area contributed by atoms with Gasteiger partial charge in [0.2, 0.25) is 0 Å². The van der Waals surface area contributed by atoms with Gasteiger partial charge < -0.3 is 10.6 Å². The molecule has 2 aromatic rings. The van der Waals surface area contributed by atoms with Crippen molar-refractivity contribution >= 4 is 22.1 Å². The van der Waals surface area contributed by atoms with Crippen LogP contribution in [0.2, 0.25) is 0 Å². The van der Waals surface area contributed by atoms with Crippen molar-refractivity contribution in [2.24, 2.45) is 17.1 Å². The smallest absolute Gasteiger partial charge is 0.195 e. The van der Waals surface area contributed by atoms with Gasteiger partial charge in [-0.25, -0.2) is 4.98 Å². The Morgan fingerprint density at radius 3 is 2.65 bits per heavy atom. The zero-order valence-corrected chi connectivity index (χ0v) is 13.4. The number of hydrogen-bond donors (Lipinski definition) is 1. The Labute approximate surface area is 124 Å². The molecule has 20 heavy (non-hydrogen) atoms. The van der Waals surface area contributed by atoms with Crippen molar-refractivity contribution in [3.63, 3.8) is 0 Å². The van der Waals surface area contributed by atoms with E-state index in [0.717, 1.165) is 35.5 Å². The SMILES string of the molecule is CC(C)(C)C1CCN(c2nc3sccn3c2CN)CC1. The Hall–Kier alpha value is -1.07. The van der Waals surface area contributed by atoms with Crippen LogP contribution in [0, 0.1) is 11.3 Å². The predicted octanol–water partition coefficient (Wildman–Crippen LogP) is 3.12. The first kappa shape index (κ1) is 13.9. The number of nitrogens with two attached hydrogens (primary N) is 1. The van der Waals surface area contributed by atoms with E-state index in [1.54, 1.807) is 11.3 Å². The van der Waals surface area contributed by atoms with Gasteiger partial charge in [0.25, 0.3) is 0 Å². The summed E-state index contributed by atoms with van der Waals surface area (Å²) in [6, 6.07) is 0. The Morgan fingerprint density at radius 1 is 1.35 bits per heavy atom. The Kier molecular flexibility index (Phi) is 3.50. The standard InChI is InChI=1S/C15H24N4S/c1-15(2,3)11-4-6-18(7-5-11)13-12(10-16)19-8-9-20-14(19)17-13/h8-9,11H,4-7,10,16H2,1-3H3. The predicted molar refractivity (Wildman–Crippen MR) is 85.4 cm³/mol. The number of aromatic nitrogens is 2. The first-order valence-corrected chi connectivity index (χ1v) is 8.28. The summed E-state index contributed by atoms with van der Waals surface area (Å²) in [7, 11) is 0.